The number of nitrogens with zero attached hydrogens (tertiary/aromatic N) is 3. The molecule has 0 spiro atoms. The second-order valence-corrected chi connectivity index (χ2v) is 3.76. The van der Waals surface area contributed by atoms with Crippen molar-refractivity contribution in [2.75, 3.05) is 7.11 Å². The standard InChI is InChI=1S/C9H16N4O2/c1-6(2)4-13-7(5-15-3)8(9(10)14)11-12-13/h6H,4-5H2,1-3H3,(H2,10,14). The molecule has 0 saturated carbocycles. The smallest absolute Gasteiger partial charge is 0.271 e. The van der Waals surface area contributed by atoms with Crippen LogP contribution < -0.4 is 5.73 Å². The van der Waals surface area contributed by atoms with Crippen LogP contribution in [-0.2, 0) is 17.9 Å². The van der Waals surface area contributed by atoms with Gasteiger partial charge in [0, 0.05) is 13.7 Å². The van der Waals surface area contributed by atoms with Crippen LogP contribution >= 0.6 is 0 Å². The maximum absolute atomic E-state index is 11.0. The van der Waals surface area contributed by atoms with Crippen molar-refractivity contribution < 1.29 is 9.53 Å². The third kappa shape index (κ3) is 2.76. The van der Waals surface area contributed by atoms with E-state index >= 15 is 0 Å². The minimum Gasteiger partial charge on any atom is -0.378 e. The first kappa shape index (κ1) is 11.6. The fourth-order valence-electron chi connectivity index (χ4n) is 1.30. The van der Waals surface area contributed by atoms with E-state index in [2.05, 4.69) is 24.2 Å². The molecule has 0 bridgehead atoms. The second-order valence-electron chi connectivity index (χ2n) is 3.76. The van der Waals surface area contributed by atoms with Gasteiger partial charge in [0.15, 0.2) is 5.69 Å². The number of ether oxygens (including phenoxy) is 1. The maximum Gasteiger partial charge on any atom is 0.271 e. The summed E-state index contributed by atoms with van der Waals surface area (Å²) in [4.78, 5) is 11.0. The fraction of sp³-hybridized carbons (Fsp3) is 0.667. The van der Waals surface area contributed by atoms with Gasteiger partial charge in [0.25, 0.3) is 5.91 Å². The number of carbonyl (C=O) groups excluding carboxylic acids is 1. The molecule has 0 aliphatic carbocycles. The molecule has 0 aromatic carbocycles. The number of hydrogen-bond donors (Lipinski definition) is 1. The first-order valence-corrected chi connectivity index (χ1v) is 4.77. The Bertz CT molecular complexity index is 346. The summed E-state index contributed by atoms with van der Waals surface area (Å²) in [7, 11) is 1.55. The molecule has 1 amide bonds. The zero-order chi connectivity index (χ0) is 11.4. The van der Waals surface area contributed by atoms with Crippen LogP contribution in [0.2, 0.25) is 0 Å². The van der Waals surface area contributed by atoms with Crippen molar-refractivity contribution in [1.82, 2.24) is 15.0 Å². The summed E-state index contributed by atoms with van der Waals surface area (Å²) in [6.45, 7) is 5.10. The number of carbonyl (C=O) groups is 1. The van der Waals surface area contributed by atoms with E-state index in [-0.39, 0.29) is 12.3 Å². The van der Waals surface area contributed by atoms with E-state index in [0.29, 0.717) is 18.2 Å². The van der Waals surface area contributed by atoms with Crippen molar-refractivity contribution in [1.29, 1.82) is 0 Å². The molecule has 1 rings (SSSR count). The van der Waals surface area contributed by atoms with Gasteiger partial charge >= 0.3 is 0 Å². The second kappa shape index (κ2) is 4.88. The average molecular weight is 212 g/mol. The van der Waals surface area contributed by atoms with Gasteiger partial charge in [-0.25, -0.2) is 4.68 Å². The Morgan fingerprint density at radius 2 is 2.27 bits per heavy atom. The van der Waals surface area contributed by atoms with Crippen molar-refractivity contribution >= 4 is 5.91 Å². The quantitative estimate of drug-likeness (QED) is 0.754. The third-order valence-electron chi connectivity index (χ3n) is 1.89. The number of nitrogens with two attached hydrogens (primary N) is 1. The van der Waals surface area contributed by atoms with Crippen LogP contribution in [0.5, 0.6) is 0 Å². The molecule has 0 atom stereocenters. The predicted octanol–water partition coefficient (Wildman–Crippen LogP) is 0.179. The zero-order valence-corrected chi connectivity index (χ0v) is 9.23. The molecular weight excluding hydrogens is 196 g/mol. The molecular formula is C9H16N4O2. The Balaban J connectivity index is 3.00. The van der Waals surface area contributed by atoms with Crippen LogP contribution in [0.15, 0.2) is 0 Å². The Labute approximate surface area is 88.4 Å². The summed E-state index contributed by atoms with van der Waals surface area (Å²) >= 11 is 0. The lowest BCUT2D eigenvalue weighted by atomic mass is 10.2. The minimum atomic E-state index is -0.572. The van der Waals surface area contributed by atoms with Gasteiger partial charge in [0.1, 0.15) is 0 Å². The van der Waals surface area contributed by atoms with Gasteiger partial charge in [-0.15, -0.1) is 5.10 Å². The summed E-state index contributed by atoms with van der Waals surface area (Å²) in [5, 5.41) is 7.63. The van der Waals surface area contributed by atoms with Crippen LogP contribution in [-0.4, -0.2) is 28.0 Å². The monoisotopic (exact) mass is 212 g/mol. The molecule has 0 aliphatic rings. The lowest BCUT2D eigenvalue weighted by molar-refractivity contribution is 0.0989. The normalized spacial score (nSPS) is 10.9. The predicted molar refractivity (Wildman–Crippen MR) is 54.1 cm³/mol. The molecule has 0 fully saturated rings. The highest BCUT2D eigenvalue weighted by Crippen LogP contribution is 2.08. The molecule has 1 heterocycles. The van der Waals surface area contributed by atoms with E-state index in [9.17, 15) is 4.79 Å². The third-order valence-corrected chi connectivity index (χ3v) is 1.89. The molecule has 1 aromatic heterocycles. The Kier molecular flexibility index (Phi) is 3.79. The van der Waals surface area contributed by atoms with Gasteiger partial charge in [0.05, 0.1) is 12.3 Å². The van der Waals surface area contributed by atoms with Gasteiger partial charge in [-0.1, -0.05) is 19.1 Å². The highest BCUT2D eigenvalue weighted by molar-refractivity contribution is 5.91. The molecule has 84 valence electrons. The van der Waals surface area contributed by atoms with Gasteiger partial charge < -0.3 is 10.5 Å². The van der Waals surface area contributed by atoms with E-state index in [4.69, 9.17) is 10.5 Å². The SMILES string of the molecule is COCc1c(C(N)=O)nnn1CC(C)C. The van der Waals surface area contributed by atoms with E-state index in [1.54, 1.807) is 11.8 Å². The maximum atomic E-state index is 11.0. The zero-order valence-electron chi connectivity index (χ0n) is 9.23. The Morgan fingerprint density at radius 1 is 1.60 bits per heavy atom. The van der Waals surface area contributed by atoms with Crippen molar-refractivity contribution in [2.24, 2.45) is 11.7 Å². The van der Waals surface area contributed by atoms with Gasteiger partial charge in [-0.05, 0) is 5.92 Å². The highest BCUT2D eigenvalue weighted by Gasteiger charge is 2.17. The molecule has 0 saturated heterocycles. The fourth-order valence-corrected chi connectivity index (χ4v) is 1.30. The number of rotatable bonds is 5. The Morgan fingerprint density at radius 3 is 2.73 bits per heavy atom. The van der Waals surface area contributed by atoms with E-state index < -0.39 is 5.91 Å². The van der Waals surface area contributed by atoms with Crippen molar-refractivity contribution in [2.45, 2.75) is 27.0 Å². The van der Waals surface area contributed by atoms with Crippen molar-refractivity contribution in [3.05, 3.63) is 11.4 Å². The van der Waals surface area contributed by atoms with Crippen LogP contribution in [0.4, 0.5) is 0 Å². The topological polar surface area (TPSA) is 83.0 Å². The minimum absolute atomic E-state index is 0.192. The molecule has 2 N–H and O–H groups in total. The summed E-state index contributed by atoms with van der Waals surface area (Å²) < 4.78 is 6.65. The van der Waals surface area contributed by atoms with E-state index in [1.807, 2.05) is 0 Å². The lowest BCUT2D eigenvalue weighted by Gasteiger charge is -2.08. The van der Waals surface area contributed by atoms with Crippen LogP contribution in [0, 0.1) is 5.92 Å². The Hall–Kier alpha value is -1.43. The summed E-state index contributed by atoms with van der Waals surface area (Å²) in [6, 6.07) is 0. The summed E-state index contributed by atoms with van der Waals surface area (Å²) in [5.74, 6) is -0.153. The van der Waals surface area contributed by atoms with Crippen molar-refractivity contribution in [3.63, 3.8) is 0 Å². The number of aromatic nitrogens is 3. The van der Waals surface area contributed by atoms with Crippen molar-refractivity contribution in [3.8, 4) is 0 Å². The number of hydrogen-bond acceptors (Lipinski definition) is 4. The molecule has 0 radical (unpaired) electrons. The van der Waals surface area contributed by atoms with Gasteiger partial charge in [-0.3, -0.25) is 4.79 Å². The molecule has 0 aliphatic heterocycles. The first-order valence-electron chi connectivity index (χ1n) is 4.77. The van der Waals surface area contributed by atoms with Gasteiger partial charge in [-0.2, -0.15) is 0 Å². The molecule has 1 aromatic rings. The van der Waals surface area contributed by atoms with E-state index in [0.717, 1.165) is 0 Å². The van der Waals surface area contributed by atoms with Crippen LogP contribution in [0.25, 0.3) is 0 Å². The molecule has 15 heavy (non-hydrogen) atoms. The summed E-state index contributed by atoms with van der Waals surface area (Å²) in [6.07, 6.45) is 0. The molecule has 6 heteroatoms. The first-order chi connectivity index (χ1) is 7.06. The number of primary amides is 1. The summed E-state index contributed by atoms with van der Waals surface area (Å²) in [5.41, 5.74) is 6.01. The molecule has 0 unspecified atom stereocenters. The van der Waals surface area contributed by atoms with Gasteiger partial charge in [0.2, 0.25) is 0 Å². The highest BCUT2D eigenvalue weighted by atomic mass is 16.5. The van der Waals surface area contributed by atoms with Crippen LogP contribution in [0.3, 0.4) is 0 Å². The average Bonchev–Trinajstić information content (AvgIpc) is 2.48. The van der Waals surface area contributed by atoms with E-state index in [1.165, 1.54) is 0 Å². The lowest BCUT2D eigenvalue weighted by Crippen LogP contribution is -2.16. The largest absolute Gasteiger partial charge is 0.378 e. The molecule has 6 nitrogen and oxygen atoms in total. The number of amides is 1. The van der Waals surface area contributed by atoms with Crippen LogP contribution in [0.1, 0.15) is 30.0 Å². The number of methoxy groups -OCH3 is 1.